The van der Waals surface area contributed by atoms with Crippen molar-refractivity contribution < 1.29 is 27.5 Å². The van der Waals surface area contributed by atoms with Gasteiger partial charge in [0.05, 0.1) is 17.6 Å². The van der Waals surface area contributed by atoms with Crippen LogP contribution in [0.4, 0.5) is 4.79 Å². The van der Waals surface area contributed by atoms with Gasteiger partial charge in [0.25, 0.3) is 10.0 Å². The first-order valence-corrected chi connectivity index (χ1v) is 9.35. The second kappa shape index (κ2) is 8.50. The second-order valence-electron chi connectivity index (χ2n) is 5.63. The average Bonchev–Trinajstić information content (AvgIpc) is 2.65. The molecule has 0 radical (unpaired) electrons. The van der Waals surface area contributed by atoms with Crippen LogP contribution in [0.1, 0.15) is 17.2 Å². The fourth-order valence-electron chi connectivity index (χ4n) is 2.22. The van der Waals surface area contributed by atoms with E-state index in [1.54, 1.807) is 49.4 Å². The maximum atomic E-state index is 12.3. The number of aryl methyl sites for hydroxylation is 1. The van der Waals surface area contributed by atoms with Gasteiger partial charge in [0, 0.05) is 0 Å². The number of hydrogen-bond acceptors (Lipinski definition) is 6. The molecule has 0 aliphatic carbocycles. The van der Waals surface area contributed by atoms with Gasteiger partial charge in [-0.15, -0.1) is 0 Å². The Bertz CT molecular complexity index is 936. The summed E-state index contributed by atoms with van der Waals surface area (Å²) in [5.74, 6) is -0.780. The molecule has 0 aromatic heterocycles. The summed E-state index contributed by atoms with van der Waals surface area (Å²) in [6.07, 6.45) is -2.44. The third kappa shape index (κ3) is 5.18. The molecule has 0 saturated carbocycles. The highest BCUT2D eigenvalue weighted by atomic mass is 32.2. The molecule has 0 heterocycles. The lowest BCUT2D eigenvalue weighted by atomic mass is 10.0. The minimum absolute atomic E-state index is 0.0897. The molecule has 2 rings (SSSR count). The molecule has 2 aromatic rings. The Hall–Kier alpha value is -3.13. The average molecular weight is 389 g/mol. The van der Waals surface area contributed by atoms with E-state index in [-0.39, 0.29) is 10.5 Å². The van der Waals surface area contributed by atoms with E-state index in [2.05, 4.69) is 11.3 Å². The molecule has 0 fully saturated rings. The maximum Gasteiger partial charge on any atom is 0.422 e. The molecule has 8 heteroatoms. The highest BCUT2D eigenvalue weighted by Gasteiger charge is 2.27. The fraction of sp³-hybridized carbons (Fsp3) is 0.158. The monoisotopic (exact) mass is 389 g/mol. The summed E-state index contributed by atoms with van der Waals surface area (Å²) in [6.45, 7) is 5.40. The van der Waals surface area contributed by atoms with Gasteiger partial charge in [0.1, 0.15) is 0 Å². The Morgan fingerprint density at radius 2 is 1.63 bits per heavy atom. The number of carbonyl (C=O) groups excluding carboxylic acids is 2. The van der Waals surface area contributed by atoms with Crippen LogP contribution in [0.5, 0.6) is 0 Å². The number of carbonyl (C=O) groups is 2. The van der Waals surface area contributed by atoms with Crippen molar-refractivity contribution in [3.05, 3.63) is 77.9 Å². The van der Waals surface area contributed by atoms with Crippen molar-refractivity contribution in [2.75, 3.05) is 7.11 Å². The first kappa shape index (κ1) is 20.2. The standard InChI is InChI=1S/C19H19NO6S/c1-13-9-11-16(12-10-13)27(23,24)20-19(22)26-17(14(2)18(21)25-3)15-7-5-4-6-8-15/h4-12,17H,2H2,1,3H3,(H,20,22)/t17-/m0/s1. The number of sulfonamides is 1. The minimum atomic E-state index is -4.13. The molecule has 0 bridgehead atoms. The van der Waals surface area contributed by atoms with Gasteiger partial charge in [0.2, 0.25) is 0 Å². The molecule has 0 unspecified atom stereocenters. The van der Waals surface area contributed by atoms with Gasteiger partial charge < -0.3 is 9.47 Å². The lowest BCUT2D eigenvalue weighted by Gasteiger charge is -2.19. The number of amides is 1. The summed E-state index contributed by atoms with van der Waals surface area (Å²) in [7, 11) is -2.96. The lowest BCUT2D eigenvalue weighted by molar-refractivity contribution is -0.137. The first-order chi connectivity index (χ1) is 12.7. The third-order valence-corrected chi connectivity index (χ3v) is 4.97. The maximum absolute atomic E-state index is 12.3. The summed E-state index contributed by atoms with van der Waals surface area (Å²) in [6, 6.07) is 14.3. The topological polar surface area (TPSA) is 98.8 Å². The van der Waals surface area contributed by atoms with Crippen molar-refractivity contribution >= 4 is 22.1 Å². The van der Waals surface area contributed by atoms with Gasteiger partial charge in [-0.25, -0.2) is 22.7 Å². The molecule has 1 N–H and O–H groups in total. The van der Waals surface area contributed by atoms with Crippen molar-refractivity contribution in [1.82, 2.24) is 4.72 Å². The highest BCUT2D eigenvalue weighted by molar-refractivity contribution is 7.90. The van der Waals surface area contributed by atoms with Gasteiger partial charge in [-0.3, -0.25) is 0 Å². The van der Waals surface area contributed by atoms with Crippen LogP contribution < -0.4 is 4.72 Å². The lowest BCUT2D eigenvalue weighted by Crippen LogP contribution is -2.33. The number of ether oxygens (including phenoxy) is 2. The summed E-state index contributed by atoms with van der Waals surface area (Å²) in [4.78, 5) is 23.9. The number of benzene rings is 2. The summed E-state index contributed by atoms with van der Waals surface area (Å²) in [5, 5.41) is 0. The molecule has 0 saturated heterocycles. The van der Waals surface area contributed by atoms with E-state index < -0.39 is 28.2 Å². The zero-order chi connectivity index (χ0) is 20.0. The van der Waals surface area contributed by atoms with E-state index >= 15 is 0 Å². The van der Waals surface area contributed by atoms with Gasteiger partial charge in [-0.1, -0.05) is 54.6 Å². The molecule has 1 atom stereocenters. The Kier molecular flexibility index (Phi) is 6.36. The predicted octanol–water partition coefficient (Wildman–Crippen LogP) is 2.88. The summed E-state index contributed by atoms with van der Waals surface area (Å²) in [5.41, 5.74) is 1.16. The first-order valence-electron chi connectivity index (χ1n) is 7.86. The normalized spacial score (nSPS) is 11.9. The van der Waals surface area contributed by atoms with Gasteiger partial charge in [-0.05, 0) is 24.6 Å². The SMILES string of the molecule is C=C(C(=O)OC)[C@H](OC(=O)NS(=O)(=O)c1ccc(C)cc1)c1ccccc1. The zero-order valence-electron chi connectivity index (χ0n) is 14.8. The molecule has 2 aromatic carbocycles. The quantitative estimate of drug-likeness (QED) is 0.602. The smallest absolute Gasteiger partial charge is 0.422 e. The number of esters is 1. The van der Waals surface area contributed by atoms with E-state index in [0.29, 0.717) is 5.56 Å². The molecule has 0 aliphatic heterocycles. The van der Waals surface area contributed by atoms with E-state index in [9.17, 15) is 18.0 Å². The van der Waals surface area contributed by atoms with Crippen molar-refractivity contribution in [2.45, 2.75) is 17.9 Å². The van der Waals surface area contributed by atoms with Crippen LogP contribution in [0, 0.1) is 6.92 Å². The molecule has 1 amide bonds. The Morgan fingerprint density at radius 1 is 1.04 bits per heavy atom. The number of nitrogens with one attached hydrogen (secondary N) is 1. The van der Waals surface area contributed by atoms with Crippen LogP contribution in [0.2, 0.25) is 0 Å². The molecule has 142 valence electrons. The van der Waals surface area contributed by atoms with Gasteiger partial charge >= 0.3 is 12.1 Å². The highest BCUT2D eigenvalue weighted by Crippen LogP contribution is 2.26. The number of rotatable bonds is 6. The van der Waals surface area contributed by atoms with Crippen LogP contribution in [0.3, 0.4) is 0 Å². The largest absolute Gasteiger partial charge is 0.466 e. The molecule has 27 heavy (non-hydrogen) atoms. The summed E-state index contributed by atoms with van der Waals surface area (Å²) >= 11 is 0. The van der Waals surface area contributed by atoms with Crippen LogP contribution in [0.25, 0.3) is 0 Å². The van der Waals surface area contributed by atoms with Gasteiger partial charge in [0.15, 0.2) is 6.10 Å². The summed E-state index contributed by atoms with van der Waals surface area (Å²) < 4.78 is 36.2. The second-order valence-corrected chi connectivity index (χ2v) is 7.31. The Labute approximate surface area is 157 Å². The fourth-order valence-corrected chi connectivity index (χ4v) is 3.10. The van der Waals surface area contributed by atoms with E-state index in [0.717, 1.165) is 12.7 Å². The molecule has 7 nitrogen and oxygen atoms in total. The number of hydrogen-bond donors (Lipinski definition) is 1. The van der Waals surface area contributed by atoms with Crippen LogP contribution in [-0.2, 0) is 24.3 Å². The van der Waals surface area contributed by atoms with Crippen LogP contribution in [0.15, 0.2) is 71.6 Å². The van der Waals surface area contributed by atoms with E-state index in [4.69, 9.17) is 4.74 Å². The van der Waals surface area contributed by atoms with Crippen LogP contribution in [-0.4, -0.2) is 27.6 Å². The minimum Gasteiger partial charge on any atom is -0.466 e. The van der Waals surface area contributed by atoms with Crippen molar-refractivity contribution in [2.24, 2.45) is 0 Å². The van der Waals surface area contributed by atoms with Crippen LogP contribution >= 0.6 is 0 Å². The molecule has 0 spiro atoms. The molecule has 0 aliphatic rings. The van der Waals surface area contributed by atoms with Crippen molar-refractivity contribution in [1.29, 1.82) is 0 Å². The molecular formula is C19H19NO6S. The van der Waals surface area contributed by atoms with E-state index in [1.807, 2.05) is 4.72 Å². The van der Waals surface area contributed by atoms with Gasteiger partial charge in [-0.2, -0.15) is 0 Å². The van der Waals surface area contributed by atoms with Crippen molar-refractivity contribution in [3.8, 4) is 0 Å². The predicted molar refractivity (Wildman–Crippen MR) is 98.3 cm³/mol. The third-order valence-electron chi connectivity index (χ3n) is 3.64. The Balaban J connectivity index is 2.21. The van der Waals surface area contributed by atoms with Crippen molar-refractivity contribution in [3.63, 3.8) is 0 Å². The number of methoxy groups -OCH3 is 1. The molecular weight excluding hydrogens is 370 g/mol. The van der Waals surface area contributed by atoms with E-state index in [1.165, 1.54) is 12.1 Å². The zero-order valence-corrected chi connectivity index (χ0v) is 15.7. The Morgan fingerprint density at radius 3 is 2.19 bits per heavy atom.